The first kappa shape index (κ1) is 44.0. The van der Waals surface area contributed by atoms with Crippen LogP contribution in [0.25, 0.3) is 16.6 Å². The number of pyridine rings is 1. The second-order valence-corrected chi connectivity index (χ2v) is 20.3. The van der Waals surface area contributed by atoms with Gasteiger partial charge in [-0.2, -0.15) is 4.98 Å². The van der Waals surface area contributed by atoms with Crippen LogP contribution in [0.15, 0.2) is 83.4 Å². The third kappa shape index (κ3) is 8.88. The van der Waals surface area contributed by atoms with E-state index in [2.05, 4.69) is 43.9 Å². The Morgan fingerprint density at radius 1 is 0.985 bits per heavy atom. The quantitative estimate of drug-likeness (QED) is 0.0901. The predicted molar refractivity (Wildman–Crippen MR) is 254 cm³/mol. The minimum Gasteiger partial charge on any atom is -0.489 e. The number of ether oxygens (including phenoxy) is 3. The molecule has 5 aromatic rings. The molecule has 1 amide bonds. The van der Waals surface area contributed by atoms with Gasteiger partial charge < -0.3 is 34.3 Å². The van der Waals surface area contributed by atoms with Crippen LogP contribution in [-0.4, -0.2) is 105 Å². The summed E-state index contributed by atoms with van der Waals surface area (Å²) in [5.74, 6) is 0.298. The SMILES string of the molecule is CC1CCC(CN2CCN(c3ccc(C(=O)NS(=O)(=O)c4cc5c(c([N+](=O)[O-])c4)N[C@H](C4CCOCC4)CO5)c(N4C[C@@H](C)Oc5nc6[nH]ccc6cc54)c3)CC2)=C(c2ccc(Cl)cc2)C1. The third-order valence-corrected chi connectivity index (χ3v) is 15.2. The Hall–Kier alpha value is -5.88. The molecule has 4 aliphatic heterocycles. The number of sulfonamides is 1. The molecular formula is C48H53ClN8O8S. The molecule has 1 aliphatic carbocycles. The summed E-state index contributed by atoms with van der Waals surface area (Å²) >= 11 is 6.25. The highest BCUT2D eigenvalue weighted by atomic mass is 35.5. The summed E-state index contributed by atoms with van der Waals surface area (Å²) < 4.78 is 48.2. The van der Waals surface area contributed by atoms with Gasteiger partial charge in [-0.15, -0.1) is 0 Å². The number of nitro groups is 1. The summed E-state index contributed by atoms with van der Waals surface area (Å²) in [6.45, 7) is 9.99. The lowest BCUT2D eigenvalue weighted by Crippen LogP contribution is -2.47. The molecule has 2 aromatic heterocycles. The summed E-state index contributed by atoms with van der Waals surface area (Å²) in [6.07, 6.45) is 6.28. The zero-order chi connectivity index (χ0) is 45.7. The van der Waals surface area contributed by atoms with Gasteiger partial charge in [0, 0.05) is 80.4 Å². The van der Waals surface area contributed by atoms with E-state index in [0.29, 0.717) is 48.6 Å². The lowest BCUT2D eigenvalue weighted by Gasteiger charge is -2.39. The average molecular weight is 938 g/mol. The number of hydrogen-bond donors (Lipinski definition) is 3. The average Bonchev–Trinajstić information content (AvgIpc) is 3.78. The number of fused-ring (bicyclic) bond motifs is 3. The van der Waals surface area contributed by atoms with Crippen LogP contribution in [0.3, 0.4) is 0 Å². The minimum atomic E-state index is -4.66. The van der Waals surface area contributed by atoms with Gasteiger partial charge in [-0.3, -0.25) is 19.8 Å². The molecule has 16 nitrogen and oxygen atoms in total. The maximum Gasteiger partial charge on any atom is 0.297 e. The number of aromatic amines is 1. The number of rotatable bonds is 10. The lowest BCUT2D eigenvalue weighted by molar-refractivity contribution is -0.384. The van der Waals surface area contributed by atoms with Gasteiger partial charge in [-0.25, -0.2) is 13.1 Å². The van der Waals surface area contributed by atoms with Crippen molar-refractivity contribution in [1.29, 1.82) is 0 Å². The Labute approximate surface area is 388 Å². The molecule has 0 bridgehead atoms. The summed E-state index contributed by atoms with van der Waals surface area (Å²) in [6, 6.07) is 19.5. The Balaban J connectivity index is 0.937. The molecule has 2 saturated heterocycles. The number of nitrogens with one attached hydrogen (secondary N) is 3. The summed E-state index contributed by atoms with van der Waals surface area (Å²) in [5, 5.41) is 17.2. The van der Waals surface area contributed by atoms with Crippen LogP contribution >= 0.6 is 11.6 Å². The van der Waals surface area contributed by atoms with E-state index < -0.39 is 31.4 Å². The molecule has 2 fully saturated rings. The summed E-state index contributed by atoms with van der Waals surface area (Å²) in [5.41, 5.74) is 6.50. The van der Waals surface area contributed by atoms with Crippen molar-refractivity contribution in [3.63, 3.8) is 0 Å². The molecule has 66 heavy (non-hydrogen) atoms. The van der Waals surface area contributed by atoms with Gasteiger partial charge >= 0.3 is 0 Å². The van der Waals surface area contributed by atoms with Crippen LogP contribution < -0.4 is 29.3 Å². The smallest absolute Gasteiger partial charge is 0.297 e. The molecule has 0 radical (unpaired) electrons. The molecule has 3 N–H and O–H groups in total. The Morgan fingerprint density at radius 2 is 1.77 bits per heavy atom. The van der Waals surface area contributed by atoms with Crippen LogP contribution in [0.4, 0.5) is 28.4 Å². The van der Waals surface area contributed by atoms with Gasteiger partial charge in [-0.1, -0.05) is 36.2 Å². The number of carbonyl (C=O) groups excluding carboxylic acids is 1. The molecule has 0 saturated carbocycles. The first-order valence-corrected chi connectivity index (χ1v) is 24.6. The number of nitro benzene ring substituents is 1. The molecule has 1 unspecified atom stereocenters. The Bertz CT molecular complexity index is 2820. The molecule has 3 atom stereocenters. The zero-order valence-electron chi connectivity index (χ0n) is 36.9. The van der Waals surface area contributed by atoms with E-state index >= 15 is 0 Å². The standard InChI is InChI=1S/C48H53ClN8O8S/c1-29-3-4-34(39(21-29)31-5-7-35(49)8-6-31)27-54-15-17-55(18-16-54)36-9-10-38(41(23-36)56-26-30(2)65-48-43(56)22-33-11-14-50-46(33)52-48)47(58)53-66(61,62)37-24-42(57(59)60)45-44(25-37)64-28-40(51-45)32-12-19-63-20-13-32/h5-11,14,22-25,29-30,32,40,51H,3-4,12-13,15-21,26-28H2,1-2H3,(H,50,52)(H,53,58)/t29?,30-,40+/m1/s1. The number of amides is 1. The van der Waals surface area contributed by atoms with Gasteiger partial charge in [0.2, 0.25) is 5.88 Å². The summed E-state index contributed by atoms with van der Waals surface area (Å²) in [4.78, 5) is 40.4. The van der Waals surface area contributed by atoms with Gasteiger partial charge in [-0.05, 0) is 104 Å². The first-order chi connectivity index (χ1) is 31.9. The second-order valence-electron chi connectivity index (χ2n) is 18.2. The monoisotopic (exact) mass is 936 g/mol. The molecule has 346 valence electrons. The maximum absolute atomic E-state index is 14.5. The number of aromatic nitrogens is 2. The number of carbonyl (C=O) groups is 1. The van der Waals surface area contributed by atoms with Crippen molar-refractivity contribution in [2.45, 2.75) is 63.0 Å². The van der Waals surface area contributed by atoms with Crippen LogP contribution in [0, 0.1) is 22.0 Å². The first-order valence-electron chi connectivity index (χ1n) is 22.7. The predicted octanol–water partition coefficient (Wildman–Crippen LogP) is 8.16. The number of allylic oxidation sites excluding steroid dienone is 1. The van der Waals surface area contributed by atoms with Crippen LogP contribution in [-0.2, 0) is 14.8 Å². The van der Waals surface area contributed by atoms with E-state index in [9.17, 15) is 23.3 Å². The molecule has 3 aromatic carbocycles. The van der Waals surface area contributed by atoms with E-state index in [1.165, 1.54) is 29.2 Å². The van der Waals surface area contributed by atoms with Crippen LogP contribution in [0.5, 0.6) is 11.6 Å². The number of hydrogen-bond acceptors (Lipinski definition) is 13. The fourth-order valence-corrected chi connectivity index (χ4v) is 11.2. The van der Waals surface area contributed by atoms with Crippen LogP contribution in [0.1, 0.15) is 61.9 Å². The van der Waals surface area contributed by atoms with E-state index in [0.717, 1.165) is 80.6 Å². The Kier molecular flexibility index (Phi) is 12.0. The van der Waals surface area contributed by atoms with Crippen LogP contribution in [0.2, 0.25) is 5.02 Å². The van der Waals surface area contributed by atoms with Gasteiger partial charge in [0.25, 0.3) is 21.6 Å². The van der Waals surface area contributed by atoms with Gasteiger partial charge in [0.05, 0.1) is 33.7 Å². The number of halogens is 1. The third-order valence-electron chi connectivity index (χ3n) is 13.7. The molecular weight excluding hydrogens is 884 g/mol. The number of anilines is 4. The molecule has 10 rings (SSSR count). The van der Waals surface area contributed by atoms with E-state index in [4.69, 9.17) is 30.8 Å². The lowest BCUT2D eigenvalue weighted by atomic mass is 9.81. The van der Waals surface area contributed by atoms with Gasteiger partial charge in [0.1, 0.15) is 24.0 Å². The summed E-state index contributed by atoms with van der Waals surface area (Å²) in [7, 11) is -4.66. The maximum atomic E-state index is 14.5. The van der Waals surface area contributed by atoms with E-state index in [1.807, 2.05) is 48.2 Å². The largest absolute Gasteiger partial charge is 0.489 e. The highest BCUT2D eigenvalue weighted by Crippen LogP contribution is 2.44. The molecule has 6 heterocycles. The van der Waals surface area contributed by atoms with E-state index in [1.54, 1.807) is 12.3 Å². The van der Waals surface area contributed by atoms with Crippen molar-refractivity contribution in [2.75, 3.05) is 74.2 Å². The van der Waals surface area contributed by atoms with E-state index in [-0.39, 0.29) is 41.7 Å². The highest BCUT2D eigenvalue weighted by Gasteiger charge is 2.36. The fraction of sp³-hybridized carbons (Fsp3) is 0.417. The van der Waals surface area contributed by atoms with Crippen molar-refractivity contribution in [3.8, 4) is 11.6 Å². The molecule has 0 spiro atoms. The molecule has 5 aliphatic rings. The highest BCUT2D eigenvalue weighted by molar-refractivity contribution is 7.90. The van der Waals surface area contributed by atoms with Crippen molar-refractivity contribution in [2.24, 2.45) is 11.8 Å². The second kappa shape index (κ2) is 18.1. The normalized spacial score (nSPS) is 21.7. The van der Waals surface area contributed by atoms with Gasteiger partial charge in [0.15, 0.2) is 11.4 Å². The topological polar surface area (TPSA) is 184 Å². The number of piperazine rings is 1. The number of nitrogens with zero attached hydrogens (tertiary/aromatic N) is 5. The molecule has 18 heteroatoms. The number of H-pyrrole nitrogens is 1. The fourth-order valence-electron chi connectivity index (χ4n) is 10.1. The number of benzene rings is 3. The van der Waals surface area contributed by atoms with Crippen molar-refractivity contribution in [3.05, 3.63) is 105 Å². The minimum absolute atomic E-state index is 0.0278. The van der Waals surface area contributed by atoms with Crippen molar-refractivity contribution >= 4 is 72.6 Å². The zero-order valence-corrected chi connectivity index (χ0v) is 38.5. The van der Waals surface area contributed by atoms with Crippen molar-refractivity contribution < 1.29 is 32.3 Å². The Morgan fingerprint density at radius 3 is 2.55 bits per heavy atom. The van der Waals surface area contributed by atoms with Crippen molar-refractivity contribution in [1.82, 2.24) is 19.6 Å².